The van der Waals surface area contributed by atoms with Gasteiger partial charge in [-0.05, 0) is 58.3 Å². The molecule has 0 radical (unpaired) electrons. The predicted molar refractivity (Wildman–Crippen MR) is 79.9 cm³/mol. The number of aliphatic hydroxyl groups excluding tert-OH is 1. The van der Waals surface area contributed by atoms with Crippen LogP contribution >= 0.6 is 27.5 Å². The Kier molecular flexibility index (Phi) is 5.11. The van der Waals surface area contributed by atoms with Gasteiger partial charge in [0.25, 0.3) is 0 Å². The van der Waals surface area contributed by atoms with E-state index in [2.05, 4.69) is 22.9 Å². The third-order valence-corrected chi connectivity index (χ3v) is 5.43. The Labute approximate surface area is 123 Å². The van der Waals surface area contributed by atoms with Crippen molar-refractivity contribution in [3.05, 3.63) is 33.3 Å². The molecule has 1 aromatic rings. The standard InChI is InChI=1S/C15H20BrClO/c1-2-10-3-5-11(6-4-10)15(18)12-7-8-13(16)14(17)9-12/h7-11,15,18H,2-6H2,1H3. The van der Waals surface area contributed by atoms with Crippen molar-refractivity contribution >= 4 is 27.5 Å². The number of benzene rings is 1. The van der Waals surface area contributed by atoms with Gasteiger partial charge in [-0.3, -0.25) is 0 Å². The van der Waals surface area contributed by atoms with Gasteiger partial charge in [0.15, 0.2) is 0 Å². The van der Waals surface area contributed by atoms with E-state index in [1.807, 2.05) is 18.2 Å². The Morgan fingerprint density at radius 1 is 1.33 bits per heavy atom. The van der Waals surface area contributed by atoms with Crippen LogP contribution in [0.3, 0.4) is 0 Å². The van der Waals surface area contributed by atoms with E-state index < -0.39 is 0 Å². The van der Waals surface area contributed by atoms with E-state index in [4.69, 9.17) is 11.6 Å². The first-order valence-corrected chi connectivity index (χ1v) is 7.92. The summed E-state index contributed by atoms with van der Waals surface area (Å²) in [5, 5.41) is 11.1. The molecular weight excluding hydrogens is 312 g/mol. The normalized spacial score (nSPS) is 26.0. The zero-order valence-corrected chi connectivity index (χ0v) is 13.0. The second-order valence-electron chi connectivity index (χ2n) is 5.31. The van der Waals surface area contributed by atoms with Crippen molar-refractivity contribution < 1.29 is 5.11 Å². The Morgan fingerprint density at radius 2 is 2.00 bits per heavy atom. The first-order valence-electron chi connectivity index (χ1n) is 6.74. The second-order valence-corrected chi connectivity index (χ2v) is 6.57. The summed E-state index contributed by atoms with van der Waals surface area (Å²) in [7, 11) is 0. The Morgan fingerprint density at radius 3 is 2.56 bits per heavy atom. The van der Waals surface area contributed by atoms with E-state index in [0.29, 0.717) is 10.9 Å². The molecule has 1 aliphatic rings. The molecule has 0 aromatic heterocycles. The van der Waals surface area contributed by atoms with Gasteiger partial charge in [0.1, 0.15) is 0 Å². The minimum atomic E-state index is -0.367. The molecule has 1 N–H and O–H groups in total. The van der Waals surface area contributed by atoms with Crippen molar-refractivity contribution in [2.75, 3.05) is 0 Å². The lowest BCUT2D eigenvalue weighted by Gasteiger charge is -2.31. The Hall–Kier alpha value is -0.0500. The zero-order valence-electron chi connectivity index (χ0n) is 10.7. The summed E-state index contributed by atoms with van der Waals surface area (Å²) in [6.45, 7) is 2.26. The number of hydrogen-bond donors (Lipinski definition) is 1. The summed E-state index contributed by atoms with van der Waals surface area (Å²) in [5.74, 6) is 1.26. The third kappa shape index (κ3) is 3.28. The van der Waals surface area contributed by atoms with Gasteiger partial charge >= 0.3 is 0 Å². The molecule has 0 bridgehead atoms. The maximum atomic E-state index is 10.4. The first kappa shape index (κ1) is 14.4. The van der Waals surface area contributed by atoms with Crippen LogP contribution in [0.4, 0.5) is 0 Å². The molecule has 1 aromatic carbocycles. The molecule has 0 spiro atoms. The van der Waals surface area contributed by atoms with Gasteiger partial charge in [-0.2, -0.15) is 0 Å². The van der Waals surface area contributed by atoms with E-state index in [-0.39, 0.29) is 6.10 Å². The average molecular weight is 332 g/mol. The molecule has 1 fully saturated rings. The van der Waals surface area contributed by atoms with Crippen molar-refractivity contribution in [2.24, 2.45) is 11.8 Å². The van der Waals surface area contributed by atoms with Crippen LogP contribution < -0.4 is 0 Å². The van der Waals surface area contributed by atoms with Gasteiger partial charge in [-0.1, -0.05) is 43.9 Å². The largest absolute Gasteiger partial charge is 0.388 e. The van der Waals surface area contributed by atoms with E-state index in [1.165, 1.54) is 19.3 Å². The fraction of sp³-hybridized carbons (Fsp3) is 0.600. The van der Waals surface area contributed by atoms with Crippen molar-refractivity contribution in [3.63, 3.8) is 0 Å². The van der Waals surface area contributed by atoms with E-state index in [1.54, 1.807) is 0 Å². The third-order valence-electron chi connectivity index (χ3n) is 4.20. The molecule has 100 valence electrons. The highest BCUT2D eigenvalue weighted by molar-refractivity contribution is 9.10. The number of aliphatic hydroxyl groups is 1. The van der Waals surface area contributed by atoms with Gasteiger partial charge in [-0.15, -0.1) is 0 Å². The quantitative estimate of drug-likeness (QED) is 0.791. The molecule has 1 unspecified atom stereocenters. The average Bonchev–Trinajstić information content (AvgIpc) is 2.41. The molecule has 3 heteroatoms. The summed E-state index contributed by atoms with van der Waals surface area (Å²) in [4.78, 5) is 0. The van der Waals surface area contributed by atoms with Gasteiger partial charge in [-0.25, -0.2) is 0 Å². The van der Waals surface area contributed by atoms with E-state index >= 15 is 0 Å². The van der Waals surface area contributed by atoms with Crippen LogP contribution in [0.25, 0.3) is 0 Å². The van der Waals surface area contributed by atoms with Crippen molar-refractivity contribution in [1.82, 2.24) is 0 Å². The summed E-state index contributed by atoms with van der Waals surface area (Å²) in [6.07, 6.45) is 5.67. The topological polar surface area (TPSA) is 20.2 Å². The van der Waals surface area contributed by atoms with Crippen LogP contribution in [0.15, 0.2) is 22.7 Å². The number of halogens is 2. The lowest BCUT2D eigenvalue weighted by Crippen LogP contribution is -2.20. The molecule has 2 rings (SSSR count). The van der Waals surface area contributed by atoms with Crippen LogP contribution in [0.5, 0.6) is 0 Å². The highest BCUT2D eigenvalue weighted by Gasteiger charge is 2.26. The van der Waals surface area contributed by atoms with Crippen molar-refractivity contribution in [1.29, 1.82) is 0 Å². The van der Waals surface area contributed by atoms with Crippen molar-refractivity contribution in [2.45, 2.75) is 45.1 Å². The summed E-state index contributed by atoms with van der Waals surface area (Å²) in [5.41, 5.74) is 0.947. The number of hydrogen-bond acceptors (Lipinski definition) is 1. The smallest absolute Gasteiger partial charge is 0.0818 e. The molecule has 1 saturated carbocycles. The minimum Gasteiger partial charge on any atom is -0.388 e. The first-order chi connectivity index (χ1) is 8.61. The van der Waals surface area contributed by atoms with Gasteiger partial charge in [0.2, 0.25) is 0 Å². The molecular formula is C15H20BrClO. The second kappa shape index (κ2) is 6.40. The van der Waals surface area contributed by atoms with Crippen LogP contribution in [0.1, 0.15) is 50.7 Å². The Bertz CT molecular complexity index is 399. The fourth-order valence-corrected chi connectivity index (χ4v) is 3.32. The van der Waals surface area contributed by atoms with Crippen LogP contribution in [-0.4, -0.2) is 5.11 Å². The maximum absolute atomic E-state index is 10.4. The van der Waals surface area contributed by atoms with Crippen LogP contribution in [-0.2, 0) is 0 Å². The Balaban J connectivity index is 2.03. The van der Waals surface area contributed by atoms with Crippen molar-refractivity contribution in [3.8, 4) is 0 Å². The molecule has 18 heavy (non-hydrogen) atoms. The summed E-state index contributed by atoms with van der Waals surface area (Å²) in [6, 6.07) is 5.76. The maximum Gasteiger partial charge on any atom is 0.0818 e. The molecule has 1 aliphatic carbocycles. The molecule has 1 nitrogen and oxygen atoms in total. The van der Waals surface area contributed by atoms with E-state index in [9.17, 15) is 5.11 Å². The molecule has 0 amide bonds. The molecule has 1 atom stereocenters. The monoisotopic (exact) mass is 330 g/mol. The predicted octanol–water partition coefficient (Wildman–Crippen LogP) is 5.35. The zero-order chi connectivity index (χ0) is 13.1. The molecule has 0 heterocycles. The van der Waals surface area contributed by atoms with Gasteiger partial charge in [0, 0.05) is 4.47 Å². The lowest BCUT2D eigenvalue weighted by molar-refractivity contribution is 0.0729. The lowest BCUT2D eigenvalue weighted by atomic mass is 9.77. The van der Waals surface area contributed by atoms with Crippen LogP contribution in [0, 0.1) is 11.8 Å². The molecule has 0 aliphatic heterocycles. The van der Waals surface area contributed by atoms with Gasteiger partial charge < -0.3 is 5.11 Å². The highest BCUT2D eigenvalue weighted by atomic mass is 79.9. The van der Waals surface area contributed by atoms with Gasteiger partial charge in [0.05, 0.1) is 11.1 Å². The fourth-order valence-electron chi connectivity index (χ4n) is 2.88. The summed E-state index contributed by atoms with van der Waals surface area (Å²) < 4.78 is 0.884. The highest BCUT2D eigenvalue weighted by Crippen LogP contribution is 2.38. The minimum absolute atomic E-state index is 0.367. The summed E-state index contributed by atoms with van der Waals surface area (Å²) >= 11 is 9.46. The van der Waals surface area contributed by atoms with E-state index in [0.717, 1.165) is 28.8 Å². The van der Waals surface area contributed by atoms with Crippen LogP contribution in [0.2, 0.25) is 5.02 Å². The molecule has 0 saturated heterocycles. The number of rotatable bonds is 3. The SMILES string of the molecule is CCC1CCC(C(O)c2ccc(Br)c(Cl)c2)CC1.